The number of amides is 3. The highest BCUT2D eigenvalue weighted by atomic mass is 16.5. The zero-order valence-corrected chi connectivity index (χ0v) is 20.5. The molecule has 1 aliphatic rings. The number of benzene rings is 3. The Morgan fingerprint density at radius 3 is 2.26 bits per heavy atom. The molecule has 182 valence electrons. The Hall–Kier alpha value is -4.00. The fraction of sp³-hybridized carbons (Fsp3) is 0.286. The molecule has 7 nitrogen and oxygen atoms in total. The number of hydrogen-bond donors (Lipinski definition) is 3. The minimum atomic E-state index is -0.397. The maximum Gasteiger partial charge on any atom is 0.323 e. The fourth-order valence-electron chi connectivity index (χ4n) is 4.20. The number of carbonyl (C=O) groups is 2. The third-order valence-electron chi connectivity index (χ3n) is 6.13. The molecule has 1 aliphatic heterocycles. The summed E-state index contributed by atoms with van der Waals surface area (Å²) in [6, 6.07) is 18.7. The largest absolute Gasteiger partial charge is 0.495 e. The maximum absolute atomic E-state index is 13.0. The van der Waals surface area contributed by atoms with Gasteiger partial charge >= 0.3 is 6.03 Å². The van der Waals surface area contributed by atoms with E-state index in [1.54, 1.807) is 13.2 Å². The molecule has 0 atom stereocenters. The molecular formula is C28H32N4O3. The van der Waals surface area contributed by atoms with E-state index in [2.05, 4.69) is 20.9 Å². The van der Waals surface area contributed by atoms with Crippen LogP contribution in [-0.4, -0.2) is 32.1 Å². The topological polar surface area (TPSA) is 82.7 Å². The molecule has 0 unspecified atom stereocenters. The molecule has 0 aliphatic carbocycles. The molecule has 1 fully saturated rings. The Balaban J connectivity index is 1.52. The Bertz CT molecular complexity index is 1200. The lowest BCUT2D eigenvalue weighted by Gasteiger charge is -2.22. The van der Waals surface area contributed by atoms with Gasteiger partial charge in [-0.25, -0.2) is 4.79 Å². The number of methoxy groups -OCH3 is 1. The zero-order valence-electron chi connectivity index (χ0n) is 20.5. The molecule has 3 N–H and O–H groups in total. The van der Waals surface area contributed by atoms with Crippen molar-refractivity contribution in [3.05, 3.63) is 82.9 Å². The summed E-state index contributed by atoms with van der Waals surface area (Å²) in [6.07, 6.45) is 2.20. The number of aryl methyl sites for hydroxylation is 2. The Morgan fingerprint density at radius 2 is 1.54 bits per heavy atom. The van der Waals surface area contributed by atoms with Crippen molar-refractivity contribution < 1.29 is 14.3 Å². The van der Waals surface area contributed by atoms with E-state index in [0.29, 0.717) is 29.2 Å². The fourth-order valence-corrected chi connectivity index (χ4v) is 4.20. The van der Waals surface area contributed by atoms with Crippen LogP contribution in [0.15, 0.2) is 60.7 Å². The molecule has 35 heavy (non-hydrogen) atoms. The molecule has 7 heteroatoms. The van der Waals surface area contributed by atoms with Gasteiger partial charge in [0.25, 0.3) is 5.91 Å². The van der Waals surface area contributed by atoms with Gasteiger partial charge in [-0.05, 0) is 68.1 Å². The number of nitrogens with one attached hydrogen (secondary N) is 3. The Kier molecular flexibility index (Phi) is 7.55. The van der Waals surface area contributed by atoms with Gasteiger partial charge in [0.1, 0.15) is 5.75 Å². The molecule has 1 saturated heterocycles. The van der Waals surface area contributed by atoms with E-state index >= 15 is 0 Å². The van der Waals surface area contributed by atoms with Gasteiger partial charge in [-0.3, -0.25) is 4.79 Å². The average molecular weight is 473 g/mol. The van der Waals surface area contributed by atoms with Crippen molar-refractivity contribution in [3.8, 4) is 5.75 Å². The molecule has 3 aromatic carbocycles. The molecule has 1 heterocycles. The summed E-state index contributed by atoms with van der Waals surface area (Å²) in [6.45, 7) is 6.25. The number of anilines is 3. The van der Waals surface area contributed by atoms with Gasteiger partial charge in [-0.15, -0.1) is 0 Å². The lowest BCUT2D eigenvalue weighted by atomic mass is 10.1. The normalized spacial score (nSPS) is 12.8. The first kappa shape index (κ1) is 24.1. The maximum atomic E-state index is 13.0. The van der Waals surface area contributed by atoms with Crippen molar-refractivity contribution in [1.29, 1.82) is 0 Å². The summed E-state index contributed by atoms with van der Waals surface area (Å²) < 4.78 is 5.37. The summed E-state index contributed by atoms with van der Waals surface area (Å²) in [5.74, 6) is 0.386. The smallest absolute Gasteiger partial charge is 0.323 e. The van der Waals surface area contributed by atoms with Crippen LogP contribution in [0.5, 0.6) is 5.75 Å². The lowest BCUT2D eigenvalue weighted by molar-refractivity contribution is 0.0951. The van der Waals surface area contributed by atoms with Crippen molar-refractivity contribution in [2.24, 2.45) is 0 Å². The standard InChI is InChI=1S/C28H32N4O3/c1-19-6-9-21(10-7-19)18-29-27(33)22-11-12-25(32-14-4-5-15-32)23(17-22)30-28(34)31-24-16-20(2)8-13-26(24)35-3/h6-13,16-17H,4-5,14-15,18H2,1-3H3,(H,29,33)(H2,30,31,34). The first-order valence-electron chi connectivity index (χ1n) is 11.9. The van der Waals surface area contributed by atoms with E-state index in [1.807, 2.05) is 68.4 Å². The second kappa shape index (κ2) is 11.0. The first-order valence-corrected chi connectivity index (χ1v) is 11.9. The van der Waals surface area contributed by atoms with E-state index in [0.717, 1.165) is 42.7 Å². The minimum absolute atomic E-state index is 0.192. The molecule has 0 bridgehead atoms. The molecule has 3 aromatic rings. The zero-order chi connectivity index (χ0) is 24.8. The van der Waals surface area contributed by atoms with Crippen LogP contribution in [0.3, 0.4) is 0 Å². The molecule has 3 amide bonds. The average Bonchev–Trinajstić information content (AvgIpc) is 3.38. The van der Waals surface area contributed by atoms with E-state index in [4.69, 9.17) is 4.74 Å². The van der Waals surface area contributed by atoms with Crippen molar-refractivity contribution in [3.63, 3.8) is 0 Å². The number of urea groups is 1. The van der Waals surface area contributed by atoms with Crippen LogP contribution in [0.1, 0.15) is 39.9 Å². The van der Waals surface area contributed by atoms with Crippen LogP contribution in [0.2, 0.25) is 0 Å². The molecule has 0 saturated carbocycles. The van der Waals surface area contributed by atoms with E-state index < -0.39 is 6.03 Å². The number of nitrogens with zero attached hydrogens (tertiary/aromatic N) is 1. The Labute approximate surface area is 206 Å². The highest BCUT2D eigenvalue weighted by molar-refractivity contribution is 6.04. The summed E-state index contributed by atoms with van der Waals surface area (Å²) in [5.41, 5.74) is 5.79. The summed E-state index contributed by atoms with van der Waals surface area (Å²) >= 11 is 0. The van der Waals surface area contributed by atoms with Crippen LogP contribution in [0, 0.1) is 13.8 Å². The van der Waals surface area contributed by atoms with E-state index in [-0.39, 0.29) is 5.91 Å². The number of hydrogen-bond acceptors (Lipinski definition) is 4. The predicted octanol–water partition coefficient (Wildman–Crippen LogP) is 5.49. The van der Waals surface area contributed by atoms with Gasteiger partial charge in [-0.2, -0.15) is 0 Å². The lowest BCUT2D eigenvalue weighted by Crippen LogP contribution is -2.26. The van der Waals surface area contributed by atoms with Gasteiger partial charge in [0.15, 0.2) is 0 Å². The quantitative estimate of drug-likeness (QED) is 0.425. The number of rotatable bonds is 7. The van der Waals surface area contributed by atoms with Crippen molar-refractivity contribution in [2.45, 2.75) is 33.2 Å². The summed E-state index contributed by atoms with van der Waals surface area (Å²) in [7, 11) is 1.57. The number of carbonyl (C=O) groups excluding carboxylic acids is 2. The van der Waals surface area contributed by atoms with Crippen LogP contribution >= 0.6 is 0 Å². The van der Waals surface area contributed by atoms with Crippen LogP contribution in [0.4, 0.5) is 21.9 Å². The van der Waals surface area contributed by atoms with Gasteiger partial charge < -0.3 is 25.6 Å². The van der Waals surface area contributed by atoms with E-state index in [1.165, 1.54) is 5.56 Å². The molecule has 0 spiro atoms. The van der Waals surface area contributed by atoms with Crippen LogP contribution in [-0.2, 0) is 6.54 Å². The van der Waals surface area contributed by atoms with Gasteiger partial charge in [0, 0.05) is 25.2 Å². The Morgan fingerprint density at radius 1 is 0.857 bits per heavy atom. The number of ether oxygens (including phenoxy) is 1. The highest BCUT2D eigenvalue weighted by Gasteiger charge is 2.19. The van der Waals surface area contributed by atoms with Crippen molar-refractivity contribution in [1.82, 2.24) is 5.32 Å². The third-order valence-corrected chi connectivity index (χ3v) is 6.13. The second-order valence-electron chi connectivity index (χ2n) is 8.88. The monoisotopic (exact) mass is 472 g/mol. The van der Waals surface area contributed by atoms with Crippen molar-refractivity contribution >= 4 is 29.0 Å². The van der Waals surface area contributed by atoms with Crippen LogP contribution in [0.25, 0.3) is 0 Å². The SMILES string of the molecule is COc1ccc(C)cc1NC(=O)Nc1cc(C(=O)NCc2ccc(C)cc2)ccc1N1CCCC1. The third kappa shape index (κ3) is 6.12. The van der Waals surface area contributed by atoms with Gasteiger partial charge in [0.2, 0.25) is 0 Å². The predicted molar refractivity (Wildman–Crippen MR) is 141 cm³/mol. The molecular weight excluding hydrogens is 440 g/mol. The highest BCUT2D eigenvalue weighted by Crippen LogP contribution is 2.31. The molecule has 0 aromatic heterocycles. The molecule has 4 rings (SSSR count). The second-order valence-corrected chi connectivity index (χ2v) is 8.88. The summed E-state index contributed by atoms with van der Waals surface area (Å²) in [4.78, 5) is 28.1. The van der Waals surface area contributed by atoms with Gasteiger partial charge in [0.05, 0.1) is 24.2 Å². The van der Waals surface area contributed by atoms with Crippen molar-refractivity contribution in [2.75, 3.05) is 35.7 Å². The van der Waals surface area contributed by atoms with Crippen LogP contribution < -0.4 is 25.6 Å². The first-order chi connectivity index (χ1) is 16.9. The molecule has 0 radical (unpaired) electrons. The summed E-state index contributed by atoms with van der Waals surface area (Å²) in [5, 5.41) is 8.80. The van der Waals surface area contributed by atoms with Gasteiger partial charge in [-0.1, -0.05) is 35.9 Å². The minimum Gasteiger partial charge on any atom is -0.495 e. The van der Waals surface area contributed by atoms with E-state index in [9.17, 15) is 9.59 Å².